The van der Waals surface area contributed by atoms with Crippen molar-refractivity contribution >= 4 is 0 Å². The number of ether oxygens (including phenoxy) is 1. The lowest BCUT2D eigenvalue weighted by atomic mass is 10.1. The number of alkyl halides is 1. The molecule has 0 aromatic heterocycles. The zero-order chi connectivity index (χ0) is 9.56. The van der Waals surface area contributed by atoms with E-state index in [2.05, 4.69) is 13.8 Å². The van der Waals surface area contributed by atoms with Gasteiger partial charge in [0.25, 0.3) is 0 Å². The van der Waals surface area contributed by atoms with Gasteiger partial charge in [-0.3, -0.25) is 0 Å². The molecule has 0 aromatic rings. The SMILES string of the molecule is CC(C)CC(C)OCC(O)CF. The number of rotatable bonds is 6. The van der Waals surface area contributed by atoms with Crippen LogP contribution in [0.3, 0.4) is 0 Å². The second kappa shape index (κ2) is 6.38. The Morgan fingerprint density at radius 2 is 1.92 bits per heavy atom. The summed E-state index contributed by atoms with van der Waals surface area (Å²) in [5.74, 6) is 0.572. The third-order valence-electron chi connectivity index (χ3n) is 1.55. The molecule has 0 aromatic carbocycles. The van der Waals surface area contributed by atoms with E-state index in [4.69, 9.17) is 9.84 Å². The normalized spacial score (nSPS) is 16.5. The Bertz CT molecular complexity index is 107. The van der Waals surface area contributed by atoms with E-state index >= 15 is 0 Å². The molecular weight excluding hydrogens is 159 g/mol. The van der Waals surface area contributed by atoms with Gasteiger partial charge in [-0.1, -0.05) is 13.8 Å². The standard InChI is InChI=1S/C9H19FO2/c1-7(2)4-8(3)12-6-9(11)5-10/h7-9,11H,4-6H2,1-3H3. The van der Waals surface area contributed by atoms with Crippen molar-refractivity contribution in [1.29, 1.82) is 0 Å². The molecule has 12 heavy (non-hydrogen) atoms. The summed E-state index contributed by atoms with van der Waals surface area (Å²) in [7, 11) is 0. The molecule has 0 bridgehead atoms. The van der Waals surface area contributed by atoms with Crippen molar-refractivity contribution in [2.24, 2.45) is 5.92 Å². The van der Waals surface area contributed by atoms with E-state index in [1.807, 2.05) is 6.92 Å². The summed E-state index contributed by atoms with van der Waals surface area (Å²) in [6.07, 6.45) is 0.0877. The molecule has 0 aliphatic rings. The highest BCUT2D eigenvalue weighted by atomic mass is 19.1. The second-order valence-corrected chi connectivity index (χ2v) is 3.58. The molecule has 0 aliphatic heterocycles. The van der Waals surface area contributed by atoms with Crippen LogP contribution in [0.2, 0.25) is 0 Å². The van der Waals surface area contributed by atoms with Gasteiger partial charge in [-0.25, -0.2) is 4.39 Å². The number of aliphatic hydroxyl groups excluding tert-OH is 1. The van der Waals surface area contributed by atoms with Crippen LogP contribution in [-0.2, 0) is 4.74 Å². The van der Waals surface area contributed by atoms with E-state index in [0.717, 1.165) is 6.42 Å². The van der Waals surface area contributed by atoms with Crippen LogP contribution >= 0.6 is 0 Å². The molecule has 2 nitrogen and oxygen atoms in total. The number of aliphatic hydroxyl groups is 1. The van der Waals surface area contributed by atoms with Crippen LogP contribution in [0.1, 0.15) is 27.2 Å². The van der Waals surface area contributed by atoms with E-state index in [-0.39, 0.29) is 12.7 Å². The molecule has 2 unspecified atom stereocenters. The molecule has 0 spiro atoms. The molecule has 0 saturated carbocycles. The fourth-order valence-electron chi connectivity index (χ4n) is 1.05. The maximum absolute atomic E-state index is 11.8. The average molecular weight is 178 g/mol. The van der Waals surface area contributed by atoms with Crippen molar-refractivity contribution in [2.75, 3.05) is 13.3 Å². The summed E-state index contributed by atoms with van der Waals surface area (Å²) in [4.78, 5) is 0. The molecule has 0 amide bonds. The Labute approximate surface area is 73.7 Å². The summed E-state index contributed by atoms with van der Waals surface area (Å²) in [6, 6.07) is 0. The predicted octanol–water partition coefficient (Wildman–Crippen LogP) is 1.77. The molecule has 3 heteroatoms. The van der Waals surface area contributed by atoms with Gasteiger partial charge in [0.15, 0.2) is 0 Å². The number of hydrogen-bond acceptors (Lipinski definition) is 2. The van der Waals surface area contributed by atoms with Gasteiger partial charge in [-0.15, -0.1) is 0 Å². The quantitative estimate of drug-likeness (QED) is 0.671. The zero-order valence-electron chi connectivity index (χ0n) is 8.09. The van der Waals surface area contributed by atoms with Crippen LogP contribution < -0.4 is 0 Å². The highest BCUT2D eigenvalue weighted by molar-refractivity contribution is 4.56. The Morgan fingerprint density at radius 3 is 2.33 bits per heavy atom. The van der Waals surface area contributed by atoms with Gasteiger partial charge in [0.2, 0.25) is 0 Å². The van der Waals surface area contributed by atoms with Crippen molar-refractivity contribution in [3.05, 3.63) is 0 Å². The van der Waals surface area contributed by atoms with Crippen molar-refractivity contribution in [3.8, 4) is 0 Å². The van der Waals surface area contributed by atoms with Gasteiger partial charge in [0.1, 0.15) is 12.8 Å². The summed E-state index contributed by atoms with van der Waals surface area (Å²) < 4.78 is 17.0. The lowest BCUT2D eigenvalue weighted by molar-refractivity contribution is -0.0167. The van der Waals surface area contributed by atoms with E-state index < -0.39 is 12.8 Å². The summed E-state index contributed by atoms with van der Waals surface area (Å²) >= 11 is 0. The first-order valence-corrected chi connectivity index (χ1v) is 4.41. The third-order valence-corrected chi connectivity index (χ3v) is 1.55. The second-order valence-electron chi connectivity index (χ2n) is 3.58. The van der Waals surface area contributed by atoms with Gasteiger partial charge in [-0.05, 0) is 19.3 Å². The summed E-state index contributed by atoms with van der Waals surface area (Å²) in [5, 5.41) is 8.84. The van der Waals surface area contributed by atoms with Crippen LogP contribution in [0, 0.1) is 5.92 Å². The van der Waals surface area contributed by atoms with Gasteiger partial charge in [-0.2, -0.15) is 0 Å². The molecule has 1 N–H and O–H groups in total. The topological polar surface area (TPSA) is 29.5 Å². The fourth-order valence-corrected chi connectivity index (χ4v) is 1.05. The molecule has 0 saturated heterocycles. The Hall–Kier alpha value is -0.150. The fraction of sp³-hybridized carbons (Fsp3) is 1.00. The number of hydrogen-bond donors (Lipinski definition) is 1. The Morgan fingerprint density at radius 1 is 1.33 bits per heavy atom. The van der Waals surface area contributed by atoms with Crippen LogP contribution in [0.25, 0.3) is 0 Å². The minimum atomic E-state index is -0.959. The molecule has 74 valence electrons. The van der Waals surface area contributed by atoms with Gasteiger partial charge in [0, 0.05) is 0 Å². The lowest BCUT2D eigenvalue weighted by Crippen LogP contribution is -2.22. The molecule has 0 aliphatic carbocycles. The first-order chi connectivity index (χ1) is 5.56. The monoisotopic (exact) mass is 178 g/mol. The molecule has 0 rings (SSSR count). The van der Waals surface area contributed by atoms with E-state index in [9.17, 15) is 4.39 Å². The number of halogens is 1. The Kier molecular flexibility index (Phi) is 6.30. The van der Waals surface area contributed by atoms with E-state index in [1.165, 1.54) is 0 Å². The molecular formula is C9H19FO2. The highest BCUT2D eigenvalue weighted by Gasteiger charge is 2.08. The first kappa shape index (κ1) is 11.8. The highest BCUT2D eigenvalue weighted by Crippen LogP contribution is 2.07. The maximum Gasteiger partial charge on any atom is 0.118 e. The first-order valence-electron chi connectivity index (χ1n) is 4.41. The largest absolute Gasteiger partial charge is 0.388 e. The Balaban J connectivity index is 3.36. The average Bonchev–Trinajstić information content (AvgIpc) is 1.99. The van der Waals surface area contributed by atoms with Crippen molar-refractivity contribution in [1.82, 2.24) is 0 Å². The van der Waals surface area contributed by atoms with Crippen molar-refractivity contribution < 1.29 is 14.2 Å². The minimum Gasteiger partial charge on any atom is -0.388 e. The predicted molar refractivity (Wildman–Crippen MR) is 46.9 cm³/mol. The maximum atomic E-state index is 11.8. The lowest BCUT2D eigenvalue weighted by Gasteiger charge is -2.16. The van der Waals surface area contributed by atoms with E-state index in [1.54, 1.807) is 0 Å². The van der Waals surface area contributed by atoms with Crippen LogP contribution in [0.4, 0.5) is 4.39 Å². The van der Waals surface area contributed by atoms with Crippen molar-refractivity contribution in [2.45, 2.75) is 39.4 Å². The molecule has 0 radical (unpaired) electrons. The molecule has 0 heterocycles. The van der Waals surface area contributed by atoms with Crippen LogP contribution in [-0.4, -0.2) is 30.6 Å². The smallest absolute Gasteiger partial charge is 0.118 e. The van der Waals surface area contributed by atoms with Crippen LogP contribution in [0.15, 0.2) is 0 Å². The summed E-state index contributed by atoms with van der Waals surface area (Å²) in [5.41, 5.74) is 0. The van der Waals surface area contributed by atoms with Crippen LogP contribution in [0.5, 0.6) is 0 Å². The van der Waals surface area contributed by atoms with Gasteiger partial charge in [0.05, 0.1) is 12.7 Å². The van der Waals surface area contributed by atoms with E-state index in [0.29, 0.717) is 5.92 Å². The molecule has 0 fully saturated rings. The molecule has 2 atom stereocenters. The zero-order valence-corrected chi connectivity index (χ0v) is 8.09. The third kappa shape index (κ3) is 6.55. The minimum absolute atomic E-state index is 0.102. The van der Waals surface area contributed by atoms with Gasteiger partial charge >= 0.3 is 0 Å². The van der Waals surface area contributed by atoms with Crippen molar-refractivity contribution in [3.63, 3.8) is 0 Å². The summed E-state index contributed by atoms with van der Waals surface area (Å²) in [6.45, 7) is 5.51. The van der Waals surface area contributed by atoms with Gasteiger partial charge < -0.3 is 9.84 Å².